The van der Waals surface area contributed by atoms with Gasteiger partial charge in [0.1, 0.15) is 11.3 Å². The van der Waals surface area contributed by atoms with Gasteiger partial charge >= 0.3 is 12.1 Å². The number of halogens is 4. The number of esters is 1. The Kier molecular flexibility index (Phi) is 5.69. The third kappa shape index (κ3) is 4.16. The Morgan fingerprint density at radius 1 is 1.25 bits per heavy atom. The number of carbonyl (C=O) groups is 2. The van der Waals surface area contributed by atoms with Crippen LogP contribution in [0.4, 0.5) is 13.2 Å². The van der Waals surface area contributed by atoms with Crippen LogP contribution >= 0.6 is 11.6 Å². The maximum atomic E-state index is 12.9. The molecule has 5 nitrogen and oxygen atoms in total. The lowest BCUT2D eigenvalue weighted by molar-refractivity contribution is -0.188. The number of hydrogen-bond acceptors (Lipinski definition) is 4. The lowest BCUT2D eigenvalue weighted by Crippen LogP contribution is -2.46. The zero-order valence-corrected chi connectivity index (χ0v) is 15.4. The smallest absolute Gasteiger partial charge is 0.393 e. The van der Waals surface area contributed by atoms with Gasteiger partial charge in [-0.05, 0) is 18.9 Å². The minimum absolute atomic E-state index is 0.0312. The van der Waals surface area contributed by atoms with E-state index in [1.54, 1.807) is 24.3 Å². The molecular weight excluding hydrogens is 399 g/mol. The molecule has 28 heavy (non-hydrogen) atoms. The fourth-order valence-corrected chi connectivity index (χ4v) is 3.51. The Hall–Kier alpha value is -2.48. The number of phenolic OH excluding ortho intramolecular Hbond substituents is 1. The van der Waals surface area contributed by atoms with Crippen molar-refractivity contribution in [3.63, 3.8) is 0 Å². The number of phenols is 1. The Balaban J connectivity index is 1.68. The van der Waals surface area contributed by atoms with Crippen LogP contribution in [0.1, 0.15) is 23.2 Å². The van der Waals surface area contributed by atoms with Gasteiger partial charge in [-0.15, -0.1) is 0 Å². The summed E-state index contributed by atoms with van der Waals surface area (Å²) in [7, 11) is 0. The van der Waals surface area contributed by atoms with Crippen LogP contribution in [0.2, 0.25) is 5.02 Å². The predicted molar refractivity (Wildman–Crippen MR) is 96.3 cm³/mol. The van der Waals surface area contributed by atoms with E-state index in [1.165, 1.54) is 6.07 Å². The number of ether oxygens (including phenoxy) is 1. The number of hydrogen-bond donors (Lipinski definition) is 1. The zero-order chi connectivity index (χ0) is 20.5. The molecule has 0 aromatic heterocycles. The molecule has 3 rings (SSSR count). The number of fused-ring (bicyclic) bond motifs is 1. The van der Waals surface area contributed by atoms with E-state index in [-0.39, 0.29) is 35.7 Å². The largest absolute Gasteiger partial charge is 0.506 e. The molecule has 0 unspecified atom stereocenters. The van der Waals surface area contributed by atoms with Gasteiger partial charge in [-0.2, -0.15) is 13.2 Å². The summed E-state index contributed by atoms with van der Waals surface area (Å²) in [5.41, 5.74) is -0.219. The SMILES string of the molecule is O=C(OCC(=O)N1CCC[C@@H](C(F)(F)F)C1)c1cc(Cl)c2ccccc2c1O. The van der Waals surface area contributed by atoms with E-state index in [0.29, 0.717) is 10.8 Å². The second-order valence-electron chi connectivity index (χ2n) is 6.60. The number of piperidine rings is 1. The summed E-state index contributed by atoms with van der Waals surface area (Å²) in [6, 6.07) is 7.85. The van der Waals surface area contributed by atoms with Gasteiger partial charge in [-0.25, -0.2) is 4.79 Å². The van der Waals surface area contributed by atoms with Gasteiger partial charge < -0.3 is 14.7 Å². The van der Waals surface area contributed by atoms with Gasteiger partial charge in [-0.3, -0.25) is 4.79 Å². The van der Waals surface area contributed by atoms with Gasteiger partial charge in [0.25, 0.3) is 5.91 Å². The summed E-state index contributed by atoms with van der Waals surface area (Å²) in [6.45, 7) is -0.990. The molecular formula is C19H17ClF3NO4. The summed E-state index contributed by atoms with van der Waals surface area (Å²) in [5, 5.41) is 11.4. The highest BCUT2D eigenvalue weighted by Crippen LogP contribution is 2.35. The van der Waals surface area contributed by atoms with E-state index in [2.05, 4.69) is 0 Å². The predicted octanol–water partition coefficient (Wildman–Crippen LogP) is 4.16. The van der Waals surface area contributed by atoms with Crippen LogP contribution in [-0.2, 0) is 9.53 Å². The van der Waals surface area contributed by atoms with E-state index in [0.717, 1.165) is 4.90 Å². The molecule has 0 radical (unpaired) electrons. The average molecular weight is 416 g/mol. The first-order valence-corrected chi connectivity index (χ1v) is 8.98. The van der Waals surface area contributed by atoms with Crippen LogP contribution in [0.25, 0.3) is 10.8 Å². The highest BCUT2D eigenvalue weighted by Gasteiger charge is 2.42. The molecule has 1 aliphatic rings. The highest BCUT2D eigenvalue weighted by atomic mass is 35.5. The van der Waals surface area contributed by atoms with Crippen molar-refractivity contribution in [2.75, 3.05) is 19.7 Å². The number of alkyl halides is 3. The number of benzene rings is 2. The first-order chi connectivity index (χ1) is 13.2. The molecule has 150 valence electrons. The molecule has 0 bridgehead atoms. The van der Waals surface area contributed by atoms with Gasteiger partial charge in [0.05, 0.1) is 5.92 Å². The van der Waals surface area contributed by atoms with Crippen LogP contribution in [0.3, 0.4) is 0 Å². The molecule has 1 aliphatic heterocycles. The standard InChI is InChI=1S/C19H17ClF3NO4/c20-15-8-14(17(26)13-6-2-1-5-12(13)15)18(27)28-10-16(25)24-7-3-4-11(9-24)19(21,22)23/h1-2,5-6,8,11,26H,3-4,7,9-10H2/t11-/m1/s1. The van der Waals surface area contributed by atoms with Crippen molar-refractivity contribution in [2.45, 2.75) is 19.0 Å². The molecule has 1 amide bonds. The van der Waals surface area contributed by atoms with Crippen molar-refractivity contribution >= 4 is 34.2 Å². The maximum absolute atomic E-state index is 12.9. The Morgan fingerprint density at radius 3 is 2.61 bits per heavy atom. The third-order valence-electron chi connectivity index (χ3n) is 4.75. The second-order valence-corrected chi connectivity index (χ2v) is 7.00. The third-order valence-corrected chi connectivity index (χ3v) is 5.06. The maximum Gasteiger partial charge on any atom is 0.393 e. The first-order valence-electron chi connectivity index (χ1n) is 8.60. The highest BCUT2D eigenvalue weighted by molar-refractivity contribution is 6.36. The van der Waals surface area contributed by atoms with Crippen molar-refractivity contribution in [3.8, 4) is 5.75 Å². The van der Waals surface area contributed by atoms with Crippen LogP contribution in [-0.4, -0.2) is 47.8 Å². The minimum Gasteiger partial charge on any atom is -0.506 e. The van der Waals surface area contributed by atoms with Crippen LogP contribution in [0, 0.1) is 5.92 Å². The Morgan fingerprint density at radius 2 is 1.93 bits per heavy atom. The quantitative estimate of drug-likeness (QED) is 0.764. The normalized spacial score (nSPS) is 17.6. The molecule has 0 spiro atoms. The number of rotatable bonds is 3. The van der Waals surface area contributed by atoms with Crippen LogP contribution < -0.4 is 0 Å². The monoisotopic (exact) mass is 415 g/mol. The van der Waals surface area contributed by atoms with E-state index in [1.807, 2.05) is 0 Å². The fraction of sp³-hybridized carbons (Fsp3) is 0.368. The molecule has 1 N–H and O–H groups in total. The number of nitrogens with zero attached hydrogens (tertiary/aromatic N) is 1. The van der Waals surface area contributed by atoms with Crippen molar-refractivity contribution in [1.82, 2.24) is 4.90 Å². The zero-order valence-electron chi connectivity index (χ0n) is 14.6. The van der Waals surface area contributed by atoms with E-state index in [9.17, 15) is 27.9 Å². The number of aromatic hydroxyl groups is 1. The van der Waals surface area contributed by atoms with Crippen LogP contribution in [0.15, 0.2) is 30.3 Å². The molecule has 0 aliphatic carbocycles. The van der Waals surface area contributed by atoms with E-state index >= 15 is 0 Å². The summed E-state index contributed by atoms with van der Waals surface area (Å²) in [4.78, 5) is 25.5. The molecule has 1 atom stereocenters. The van der Waals surface area contributed by atoms with Crippen molar-refractivity contribution < 1.29 is 32.6 Å². The summed E-state index contributed by atoms with van der Waals surface area (Å²) in [5.74, 6) is -3.62. The van der Waals surface area contributed by atoms with Crippen molar-refractivity contribution in [1.29, 1.82) is 0 Å². The molecule has 1 heterocycles. The Labute approximate surface area is 163 Å². The van der Waals surface area contributed by atoms with E-state index < -0.39 is 37.1 Å². The van der Waals surface area contributed by atoms with Crippen molar-refractivity contribution in [2.24, 2.45) is 5.92 Å². The first kappa shape index (κ1) is 20.3. The fourth-order valence-electron chi connectivity index (χ4n) is 3.24. The number of carbonyl (C=O) groups excluding carboxylic acids is 2. The van der Waals surface area contributed by atoms with Gasteiger partial charge in [0, 0.05) is 28.9 Å². The molecule has 2 aromatic carbocycles. The number of amides is 1. The molecule has 0 saturated carbocycles. The van der Waals surface area contributed by atoms with Gasteiger partial charge in [0.2, 0.25) is 0 Å². The number of likely N-dealkylation sites (tertiary alicyclic amines) is 1. The summed E-state index contributed by atoms with van der Waals surface area (Å²) >= 11 is 6.12. The lowest BCUT2D eigenvalue weighted by Gasteiger charge is -2.33. The Bertz CT molecular complexity index is 916. The van der Waals surface area contributed by atoms with Gasteiger partial charge in [0.15, 0.2) is 6.61 Å². The summed E-state index contributed by atoms with van der Waals surface area (Å²) < 4.78 is 43.5. The molecule has 2 aromatic rings. The second kappa shape index (κ2) is 7.87. The van der Waals surface area contributed by atoms with E-state index in [4.69, 9.17) is 16.3 Å². The molecule has 1 saturated heterocycles. The van der Waals surface area contributed by atoms with Crippen molar-refractivity contribution in [3.05, 3.63) is 40.9 Å². The molecule has 1 fully saturated rings. The summed E-state index contributed by atoms with van der Waals surface area (Å²) in [6.07, 6.45) is -4.18. The van der Waals surface area contributed by atoms with Gasteiger partial charge in [-0.1, -0.05) is 35.9 Å². The molecule has 9 heteroatoms. The minimum atomic E-state index is -4.37. The van der Waals surface area contributed by atoms with Crippen LogP contribution in [0.5, 0.6) is 5.75 Å². The topological polar surface area (TPSA) is 66.8 Å². The average Bonchev–Trinajstić information content (AvgIpc) is 2.68. The lowest BCUT2D eigenvalue weighted by atomic mass is 9.97.